The van der Waals surface area contributed by atoms with E-state index in [2.05, 4.69) is 20.9 Å². The van der Waals surface area contributed by atoms with Crippen molar-refractivity contribution in [3.63, 3.8) is 0 Å². The molecule has 1 heterocycles. The quantitative estimate of drug-likeness (QED) is 0.776. The first-order chi connectivity index (χ1) is 6.63. The largest absolute Gasteiger partial charge is 0.355 e. The third-order valence-electron chi connectivity index (χ3n) is 2.03. The van der Waals surface area contributed by atoms with Crippen molar-refractivity contribution in [3.05, 3.63) is 33.1 Å². The van der Waals surface area contributed by atoms with Gasteiger partial charge in [-0.15, -0.1) is 12.4 Å². The summed E-state index contributed by atoms with van der Waals surface area (Å²) < 4.78 is 13.9. The zero-order valence-corrected chi connectivity index (χ0v) is 10.6. The Morgan fingerprint density at radius 2 is 2.13 bits per heavy atom. The molecule has 82 valence electrons. The van der Waals surface area contributed by atoms with Crippen molar-refractivity contribution < 1.29 is 4.39 Å². The summed E-state index contributed by atoms with van der Waals surface area (Å²) in [5.41, 5.74) is 6.66. The number of benzene rings is 1. The Bertz CT molecular complexity index is 498. The molecule has 6 heteroatoms. The number of nitrogens with one attached hydrogen (secondary N) is 1. The minimum atomic E-state index is -0.382. The molecule has 1 aromatic carbocycles. The van der Waals surface area contributed by atoms with Crippen LogP contribution in [-0.2, 0) is 6.54 Å². The molecular formula is C9H8BrCl2FN2. The molecule has 2 aromatic rings. The average Bonchev–Trinajstić information content (AvgIpc) is 2.57. The summed E-state index contributed by atoms with van der Waals surface area (Å²) in [7, 11) is 0. The van der Waals surface area contributed by atoms with E-state index in [0.29, 0.717) is 17.1 Å². The van der Waals surface area contributed by atoms with Crippen molar-refractivity contribution in [2.45, 2.75) is 6.54 Å². The lowest BCUT2D eigenvalue weighted by molar-refractivity contribution is 0.630. The van der Waals surface area contributed by atoms with Crippen LogP contribution in [0.4, 0.5) is 4.39 Å². The topological polar surface area (TPSA) is 41.8 Å². The molecule has 0 saturated heterocycles. The van der Waals surface area contributed by atoms with E-state index in [1.165, 1.54) is 0 Å². The van der Waals surface area contributed by atoms with Gasteiger partial charge in [-0.3, -0.25) is 0 Å². The molecule has 0 aliphatic carbocycles. The van der Waals surface area contributed by atoms with Crippen molar-refractivity contribution in [2.75, 3.05) is 0 Å². The fraction of sp³-hybridized carbons (Fsp3) is 0.111. The molecule has 0 radical (unpaired) electrons. The van der Waals surface area contributed by atoms with Gasteiger partial charge >= 0.3 is 0 Å². The van der Waals surface area contributed by atoms with Gasteiger partial charge in [0.1, 0.15) is 0 Å². The number of aromatic nitrogens is 1. The van der Waals surface area contributed by atoms with Gasteiger partial charge in [-0.05, 0) is 28.1 Å². The molecule has 0 bridgehead atoms. The van der Waals surface area contributed by atoms with Crippen molar-refractivity contribution in [3.8, 4) is 0 Å². The molecule has 0 spiro atoms. The van der Waals surface area contributed by atoms with E-state index < -0.39 is 0 Å². The highest BCUT2D eigenvalue weighted by molar-refractivity contribution is 9.10. The van der Waals surface area contributed by atoms with Crippen LogP contribution in [0.2, 0.25) is 5.02 Å². The normalized spacial score (nSPS) is 10.4. The highest BCUT2D eigenvalue weighted by atomic mass is 79.9. The second-order valence-corrected chi connectivity index (χ2v) is 4.15. The Labute approximate surface area is 106 Å². The van der Waals surface area contributed by atoms with Gasteiger partial charge in [0.25, 0.3) is 0 Å². The van der Waals surface area contributed by atoms with Gasteiger partial charge in [-0.1, -0.05) is 11.6 Å². The van der Waals surface area contributed by atoms with Crippen LogP contribution in [0.25, 0.3) is 10.9 Å². The molecule has 0 saturated carbocycles. The van der Waals surface area contributed by atoms with Crippen molar-refractivity contribution in [1.29, 1.82) is 0 Å². The van der Waals surface area contributed by atoms with Gasteiger partial charge in [-0.2, -0.15) is 0 Å². The van der Waals surface area contributed by atoms with Gasteiger partial charge in [0.2, 0.25) is 0 Å². The van der Waals surface area contributed by atoms with E-state index in [4.69, 9.17) is 17.3 Å². The van der Waals surface area contributed by atoms with Gasteiger partial charge in [-0.25, -0.2) is 4.39 Å². The number of aromatic amines is 1. The van der Waals surface area contributed by atoms with E-state index in [0.717, 1.165) is 11.1 Å². The highest BCUT2D eigenvalue weighted by Crippen LogP contribution is 2.32. The lowest BCUT2D eigenvalue weighted by Crippen LogP contribution is -1.95. The zero-order chi connectivity index (χ0) is 10.3. The molecule has 0 aliphatic rings. The van der Waals surface area contributed by atoms with E-state index >= 15 is 0 Å². The molecule has 0 aliphatic heterocycles. The summed E-state index contributed by atoms with van der Waals surface area (Å²) in [5.74, 6) is -0.382. The molecule has 0 amide bonds. The lowest BCUT2D eigenvalue weighted by atomic mass is 10.2. The predicted octanol–water partition coefficient (Wildman–Crippen LogP) is 3.60. The average molecular weight is 314 g/mol. The van der Waals surface area contributed by atoms with E-state index in [9.17, 15) is 4.39 Å². The number of rotatable bonds is 1. The van der Waals surface area contributed by atoms with Crippen LogP contribution in [0.15, 0.2) is 16.6 Å². The number of hydrogen-bond acceptors (Lipinski definition) is 1. The monoisotopic (exact) mass is 312 g/mol. The molecule has 0 atom stereocenters. The summed E-state index contributed by atoms with van der Waals surface area (Å²) in [6, 6.07) is 3.48. The smallest absolute Gasteiger partial charge is 0.162 e. The maximum atomic E-state index is 13.6. The van der Waals surface area contributed by atoms with Crippen LogP contribution in [0.3, 0.4) is 0 Å². The van der Waals surface area contributed by atoms with Gasteiger partial charge in [0, 0.05) is 17.6 Å². The number of H-pyrrole nitrogens is 1. The molecular weight excluding hydrogens is 306 g/mol. The Morgan fingerprint density at radius 1 is 1.47 bits per heavy atom. The Morgan fingerprint density at radius 3 is 2.73 bits per heavy atom. The van der Waals surface area contributed by atoms with Crippen molar-refractivity contribution in [2.24, 2.45) is 5.73 Å². The number of halogens is 4. The van der Waals surface area contributed by atoms with Gasteiger partial charge in [0.05, 0.1) is 15.0 Å². The SMILES string of the molecule is Cl.NCc1cc2cc(Cl)c(Br)c(F)c2[nH]1. The summed E-state index contributed by atoms with van der Waals surface area (Å²) in [4.78, 5) is 2.89. The molecule has 15 heavy (non-hydrogen) atoms. The molecule has 2 rings (SSSR count). The predicted molar refractivity (Wildman–Crippen MR) is 66.1 cm³/mol. The second kappa shape index (κ2) is 4.70. The molecule has 3 N–H and O–H groups in total. The maximum Gasteiger partial charge on any atom is 0.162 e. The molecule has 2 nitrogen and oxygen atoms in total. The zero-order valence-electron chi connectivity index (χ0n) is 7.48. The first kappa shape index (κ1) is 12.8. The Balaban J connectivity index is 0.00000112. The molecule has 0 fully saturated rings. The number of fused-ring (bicyclic) bond motifs is 1. The standard InChI is InChI=1S/C9H7BrClFN2.ClH/c10-7-6(11)2-4-1-5(3-13)14-9(4)8(7)12;/h1-2,14H,3,13H2;1H. The van der Waals surface area contributed by atoms with Crippen molar-refractivity contribution in [1.82, 2.24) is 4.98 Å². The Hall–Kier alpha value is -0.290. The van der Waals surface area contributed by atoms with Crippen LogP contribution >= 0.6 is 39.9 Å². The first-order valence-corrected chi connectivity index (χ1v) is 5.15. The van der Waals surface area contributed by atoms with Gasteiger partial charge < -0.3 is 10.7 Å². The Kier molecular flexibility index (Phi) is 4.00. The summed E-state index contributed by atoms with van der Waals surface area (Å²) in [6.07, 6.45) is 0. The van der Waals surface area contributed by atoms with Crippen LogP contribution in [0, 0.1) is 5.82 Å². The van der Waals surface area contributed by atoms with Crippen LogP contribution in [-0.4, -0.2) is 4.98 Å². The second-order valence-electron chi connectivity index (χ2n) is 2.95. The van der Waals surface area contributed by atoms with E-state index in [1.54, 1.807) is 12.1 Å². The molecule has 1 aromatic heterocycles. The molecule has 0 unspecified atom stereocenters. The van der Waals surface area contributed by atoms with Crippen LogP contribution in [0.5, 0.6) is 0 Å². The number of nitrogens with two attached hydrogens (primary N) is 1. The summed E-state index contributed by atoms with van der Waals surface area (Å²) in [5, 5.41) is 1.09. The van der Waals surface area contributed by atoms with E-state index in [-0.39, 0.29) is 22.7 Å². The summed E-state index contributed by atoms with van der Waals surface area (Å²) in [6.45, 7) is 0.351. The third-order valence-corrected chi connectivity index (χ3v) is 3.33. The maximum absolute atomic E-state index is 13.6. The van der Waals surface area contributed by atoms with Crippen molar-refractivity contribution >= 4 is 50.8 Å². The fourth-order valence-corrected chi connectivity index (χ4v) is 1.86. The third kappa shape index (κ3) is 2.13. The first-order valence-electron chi connectivity index (χ1n) is 3.98. The summed E-state index contributed by atoms with van der Waals surface area (Å²) >= 11 is 8.89. The minimum Gasteiger partial charge on any atom is -0.355 e. The highest BCUT2D eigenvalue weighted by Gasteiger charge is 2.11. The van der Waals surface area contributed by atoms with Crippen LogP contribution < -0.4 is 5.73 Å². The van der Waals surface area contributed by atoms with Crippen LogP contribution in [0.1, 0.15) is 5.69 Å². The fourth-order valence-electron chi connectivity index (χ4n) is 1.35. The minimum absolute atomic E-state index is 0. The number of hydrogen-bond donors (Lipinski definition) is 2. The van der Waals surface area contributed by atoms with Gasteiger partial charge in [0.15, 0.2) is 5.82 Å². The lowest BCUT2D eigenvalue weighted by Gasteiger charge is -1.98. The van der Waals surface area contributed by atoms with E-state index in [1.807, 2.05) is 0 Å².